The van der Waals surface area contributed by atoms with Gasteiger partial charge < -0.3 is 10.5 Å². The van der Waals surface area contributed by atoms with E-state index < -0.39 is 11.9 Å². The van der Waals surface area contributed by atoms with Crippen molar-refractivity contribution in [1.82, 2.24) is 4.98 Å². The van der Waals surface area contributed by atoms with Gasteiger partial charge in [0.15, 0.2) is 0 Å². The largest absolute Gasteiger partial charge is 0.469 e. The number of nitrogen functional groups attached to an aromatic ring is 1. The van der Waals surface area contributed by atoms with Gasteiger partial charge in [-0.05, 0) is 12.5 Å². The minimum atomic E-state index is -0.631. The number of halogens is 1. The Kier molecular flexibility index (Phi) is 3.39. The summed E-state index contributed by atoms with van der Waals surface area (Å²) >= 11 is 0. The van der Waals surface area contributed by atoms with Crippen LogP contribution in [0.15, 0.2) is 12.3 Å². The summed E-state index contributed by atoms with van der Waals surface area (Å²) in [5.74, 6) is -1.03. The second-order valence-corrected chi connectivity index (χ2v) is 2.75. The Balaban J connectivity index is 2.71. The highest BCUT2D eigenvalue weighted by Gasteiger charge is 2.09. The molecule has 1 rings (SSSR count). The van der Waals surface area contributed by atoms with E-state index >= 15 is 0 Å². The van der Waals surface area contributed by atoms with Crippen LogP contribution < -0.4 is 5.73 Å². The maximum Gasteiger partial charge on any atom is 0.305 e. The maximum absolute atomic E-state index is 13.1. The monoisotopic (exact) mass is 198 g/mol. The number of methoxy groups -OCH3 is 1. The van der Waals surface area contributed by atoms with Crippen LogP contribution in [0.2, 0.25) is 0 Å². The standard InChI is InChI=1S/C9H11FN2O2/c1-14-8(13)3-2-6-7(11)4-5-12-9(6)10/h4-5H,2-3H2,1H3,(H2,11,12). The maximum atomic E-state index is 13.1. The molecule has 0 aliphatic rings. The van der Waals surface area contributed by atoms with Crippen LogP contribution >= 0.6 is 0 Å². The molecule has 0 radical (unpaired) electrons. The number of hydrogen-bond donors (Lipinski definition) is 1. The average molecular weight is 198 g/mol. The molecule has 1 aromatic heterocycles. The van der Waals surface area contributed by atoms with Gasteiger partial charge in [0.1, 0.15) is 0 Å². The van der Waals surface area contributed by atoms with Crippen LogP contribution in [0.5, 0.6) is 0 Å². The van der Waals surface area contributed by atoms with Gasteiger partial charge in [-0.2, -0.15) is 4.39 Å². The van der Waals surface area contributed by atoms with Gasteiger partial charge in [-0.25, -0.2) is 4.98 Å². The van der Waals surface area contributed by atoms with Crippen LogP contribution in [0.25, 0.3) is 0 Å². The van der Waals surface area contributed by atoms with Gasteiger partial charge in [-0.15, -0.1) is 0 Å². The van der Waals surface area contributed by atoms with Crippen molar-refractivity contribution in [2.24, 2.45) is 0 Å². The Hall–Kier alpha value is -1.65. The molecule has 0 saturated carbocycles. The number of hydrogen-bond acceptors (Lipinski definition) is 4. The van der Waals surface area contributed by atoms with Gasteiger partial charge in [-0.1, -0.05) is 0 Å². The zero-order chi connectivity index (χ0) is 10.6. The van der Waals surface area contributed by atoms with Crippen molar-refractivity contribution in [3.8, 4) is 0 Å². The van der Waals surface area contributed by atoms with E-state index in [0.717, 1.165) is 0 Å². The first kappa shape index (κ1) is 10.4. The summed E-state index contributed by atoms with van der Waals surface area (Å²) in [5.41, 5.74) is 6.09. The number of carbonyl (C=O) groups is 1. The molecular weight excluding hydrogens is 187 g/mol. The van der Waals surface area contributed by atoms with E-state index in [2.05, 4.69) is 9.72 Å². The third kappa shape index (κ3) is 2.42. The predicted molar refractivity (Wildman–Crippen MR) is 48.9 cm³/mol. The summed E-state index contributed by atoms with van der Waals surface area (Å²) in [4.78, 5) is 14.2. The number of anilines is 1. The van der Waals surface area contributed by atoms with E-state index in [-0.39, 0.29) is 18.4 Å². The molecule has 0 spiro atoms. The molecular formula is C9H11FN2O2. The Morgan fingerprint density at radius 3 is 3.00 bits per heavy atom. The minimum absolute atomic E-state index is 0.101. The second kappa shape index (κ2) is 4.55. The summed E-state index contributed by atoms with van der Waals surface area (Å²) in [7, 11) is 1.28. The van der Waals surface area contributed by atoms with Gasteiger partial charge in [0.05, 0.1) is 7.11 Å². The van der Waals surface area contributed by atoms with E-state index in [4.69, 9.17) is 5.73 Å². The van der Waals surface area contributed by atoms with E-state index in [1.165, 1.54) is 19.4 Å². The van der Waals surface area contributed by atoms with Crippen molar-refractivity contribution < 1.29 is 13.9 Å². The lowest BCUT2D eigenvalue weighted by Crippen LogP contribution is -2.06. The highest BCUT2D eigenvalue weighted by atomic mass is 19.1. The fraction of sp³-hybridized carbons (Fsp3) is 0.333. The number of pyridine rings is 1. The van der Waals surface area contributed by atoms with Crippen molar-refractivity contribution in [2.45, 2.75) is 12.8 Å². The lowest BCUT2D eigenvalue weighted by Gasteiger charge is -2.04. The van der Waals surface area contributed by atoms with Crippen LogP contribution in [-0.4, -0.2) is 18.1 Å². The van der Waals surface area contributed by atoms with Gasteiger partial charge in [-0.3, -0.25) is 4.79 Å². The first-order valence-electron chi connectivity index (χ1n) is 4.11. The molecule has 0 amide bonds. The average Bonchev–Trinajstić information content (AvgIpc) is 2.16. The summed E-state index contributed by atoms with van der Waals surface area (Å²) in [6.07, 6.45) is 1.59. The number of carbonyl (C=O) groups excluding carboxylic acids is 1. The SMILES string of the molecule is COC(=O)CCc1c(N)ccnc1F. The molecule has 0 atom stereocenters. The number of rotatable bonds is 3. The number of ether oxygens (including phenoxy) is 1. The summed E-state index contributed by atoms with van der Waals surface area (Å²) < 4.78 is 17.5. The first-order chi connectivity index (χ1) is 6.65. The number of nitrogens with two attached hydrogens (primary N) is 1. The first-order valence-corrected chi connectivity index (χ1v) is 4.11. The molecule has 0 aliphatic heterocycles. The zero-order valence-corrected chi connectivity index (χ0v) is 7.79. The van der Waals surface area contributed by atoms with Crippen molar-refractivity contribution in [3.05, 3.63) is 23.8 Å². The molecule has 0 bridgehead atoms. The molecule has 0 aliphatic carbocycles. The van der Waals surface area contributed by atoms with Crippen molar-refractivity contribution in [2.75, 3.05) is 12.8 Å². The Bertz CT molecular complexity index is 321. The lowest BCUT2D eigenvalue weighted by molar-refractivity contribution is -0.140. The number of nitrogens with zero attached hydrogens (tertiary/aromatic N) is 1. The Morgan fingerprint density at radius 1 is 1.71 bits per heavy atom. The molecule has 0 saturated heterocycles. The molecule has 1 aromatic rings. The summed E-state index contributed by atoms with van der Waals surface area (Å²) in [6, 6.07) is 1.50. The minimum Gasteiger partial charge on any atom is -0.469 e. The molecule has 0 unspecified atom stereocenters. The Labute approximate surface area is 80.9 Å². The van der Waals surface area contributed by atoms with E-state index in [1.807, 2.05) is 0 Å². The third-order valence-electron chi connectivity index (χ3n) is 1.85. The molecule has 2 N–H and O–H groups in total. The van der Waals surface area contributed by atoms with Crippen LogP contribution in [0, 0.1) is 5.95 Å². The van der Waals surface area contributed by atoms with Crippen molar-refractivity contribution >= 4 is 11.7 Å². The third-order valence-corrected chi connectivity index (χ3v) is 1.85. The lowest BCUT2D eigenvalue weighted by atomic mass is 10.1. The molecule has 0 fully saturated rings. The molecule has 5 heteroatoms. The predicted octanol–water partition coefficient (Wildman–Crippen LogP) is 0.908. The van der Waals surface area contributed by atoms with E-state index in [1.54, 1.807) is 0 Å². The van der Waals surface area contributed by atoms with Gasteiger partial charge in [0, 0.05) is 23.9 Å². The fourth-order valence-electron chi connectivity index (χ4n) is 1.06. The normalized spacial score (nSPS) is 9.86. The van der Waals surface area contributed by atoms with Gasteiger partial charge in [0.2, 0.25) is 5.95 Å². The second-order valence-electron chi connectivity index (χ2n) is 2.75. The van der Waals surface area contributed by atoms with Crippen LogP contribution in [0.3, 0.4) is 0 Å². The highest BCUT2D eigenvalue weighted by molar-refractivity contribution is 5.69. The van der Waals surface area contributed by atoms with Crippen LogP contribution in [0.1, 0.15) is 12.0 Å². The molecule has 0 aromatic carbocycles. The van der Waals surface area contributed by atoms with Gasteiger partial charge >= 0.3 is 5.97 Å². The fourth-order valence-corrected chi connectivity index (χ4v) is 1.06. The molecule has 14 heavy (non-hydrogen) atoms. The molecule has 4 nitrogen and oxygen atoms in total. The molecule has 76 valence electrons. The number of esters is 1. The topological polar surface area (TPSA) is 65.2 Å². The van der Waals surface area contributed by atoms with Crippen LogP contribution in [0.4, 0.5) is 10.1 Å². The van der Waals surface area contributed by atoms with Crippen LogP contribution in [-0.2, 0) is 16.0 Å². The van der Waals surface area contributed by atoms with Gasteiger partial charge in [0.25, 0.3) is 0 Å². The Morgan fingerprint density at radius 2 is 2.43 bits per heavy atom. The van der Waals surface area contributed by atoms with Crippen molar-refractivity contribution in [1.29, 1.82) is 0 Å². The number of aromatic nitrogens is 1. The summed E-state index contributed by atoms with van der Waals surface area (Å²) in [5, 5.41) is 0. The quantitative estimate of drug-likeness (QED) is 0.579. The molecule has 1 heterocycles. The van der Waals surface area contributed by atoms with Crippen molar-refractivity contribution in [3.63, 3.8) is 0 Å². The summed E-state index contributed by atoms with van der Waals surface area (Å²) in [6.45, 7) is 0. The highest BCUT2D eigenvalue weighted by Crippen LogP contribution is 2.15. The van der Waals surface area contributed by atoms with E-state index in [9.17, 15) is 9.18 Å². The smallest absolute Gasteiger partial charge is 0.305 e. The zero-order valence-electron chi connectivity index (χ0n) is 7.79. The van der Waals surface area contributed by atoms with E-state index in [0.29, 0.717) is 5.69 Å².